The van der Waals surface area contributed by atoms with Crippen LogP contribution in [0.4, 0.5) is 8.78 Å². The summed E-state index contributed by atoms with van der Waals surface area (Å²) in [5, 5.41) is -0.0282. The number of benzene rings is 6. The molecule has 0 N–H and O–H groups in total. The lowest BCUT2D eigenvalue weighted by atomic mass is 9.94. The van der Waals surface area contributed by atoms with Gasteiger partial charge >= 0.3 is 0 Å². The topological polar surface area (TPSA) is 46.2 Å². The molecule has 1 aliphatic heterocycles. The van der Waals surface area contributed by atoms with Gasteiger partial charge in [0.2, 0.25) is 0 Å². The Morgan fingerprint density at radius 3 is 1.62 bits per heavy atom. The van der Waals surface area contributed by atoms with Crippen LogP contribution in [-0.4, -0.2) is 36.8 Å². The zero-order valence-corrected chi connectivity index (χ0v) is 33.9. The van der Waals surface area contributed by atoms with Gasteiger partial charge in [0.15, 0.2) is 11.6 Å². The Hall–Kier alpha value is -4.54. The monoisotopic (exact) mass is 820 g/mol. The van der Waals surface area contributed by atoms with Gasteiger partial charge in [-0.05, 0) is 58.0 Å². The van der Waals surface area contributed by atoms with Crippen LogP contribution in [-0.2, 0) is 51.8 Å². The van der Waals surface area contributed by atoms with Crippen LogP contribution < -0.4 is 4.74 Å². The van der Waals surface area contributed by atoms with Crippen molar-refractivity contribution in [3.63, 3.8) is 0 Å². The molecule has 7 rings (SSSR count). The summed E-state index contributed by atoms with van der Waals surface area (Å²) < 4.78 is 63.0. The summed E-state index contributed by atoms with van der Waals surface area (Å²) >= 11 is 8.53. The molecule has 0 aliphatic carbocycles. The molecule has 0 spiro atoms. The Bertz CT molecular complexity index is 2160. The third-order valence-corrected chi connectivity index (χ3v) is 12.0. The molecule has 6 aromatic carbocycles. The van der Waals surface area contributed by atoms with Gasteiger partial charge in [-0.15, -0.1) is 11.8 Å². The number of rotatable bonds is 18. The number of hydrogen-bond acceptors (Lipinski definition) is 6. The average Bonchev–Trinajstić information content (AvgIpc) is 3.25. The van der Waals surface area contributed by atoms with E-state index in [2.05, 4.69) is 12.1 Å². The first-order chi connectivity index (χ1) is 28.4. The van der Waals surface area contributed by atoms with Crippen molar-refractivity contribution < 1.29 is 32.5 Å². The Morgan fingerprint density at radius 2 is 1.07 bits per heavy atom. The molecule has 0 radical (unpaired) electrons. The molecule has 1 aliphatic rings. The number of thioether (sulfide) groups is 1. The zero-order valence-electron chi connectivity index (χ0n) is 32.4. The van der Waals surface area contributed by atoms with Gasteiger partial charge in [-0.1, -0.05) is 145 Å². The van der Waals surface area contributed by atoms with E-state index in [1.807, 2.05) is 127 Å². The van der Waals surface area contributed by atoms with Crippen molar-refractivity contribution in [2.75, 3.05) is 13.2 Å². The molecular weight excluding hydrogens is 774 g/mol. The fourth-order valence-corrected chi connectivity index (χ4v) is 8.96. The minimum absolute atomic E-state index is 0.0785. The van der Waals surface area contributed by atoms with E-state index in [0.717, 1.165) is 33.9 Å². The van der Waals surface area contributed by atoms with Gasteiger partial charge in [-0.2, -0.15) is 0 Å². The molecule has 58 heavy (non-hydrogen) atoms. The first-order valence-corrected chi connectivity index (χ1v) is 20.9. The lowest BCUT2D eigenvalue weighted by Crippen LogP contribution is -2.54. The lowest BCUT2D eigenvalue weighted by Gasteiger charge is -2.46. The molecule has 0 amide bonds. The molecule has 5 nitrogen and oxygen atoms in total. The summed E-state index contributed by atoms with van der Waals surface area (Å²) in [6, 6.07) is 48.4. The molecule has 1 fully saturated rings. The van der Waals surface area contributed by atoms with Crippen LogP contribution in [0.5, 0.6) is 5.75 Å². The molecule has 5 atom stereocenters. The molecule has 0 aromatic heterocycles. The predicted octanol–water partition coefficient (Wildman–Crippen LogP) is 11.7. The van der Waals surface area contributed by atoms with Crippen molar-refractivity contribution >= 4 is 23.4 Å². The molecule has 1 saturated heterocycles. The smallest absolute Gasteiger partial charge is 0.165 e. The van der Waals surface area contributed by atoms with Crippen molar-refractivity contribution in [1.82, 2.24) is 0 Å². The van der Waals surface area contributed by atoms with Crippen LogP contribution in [0.2, 0.25) is 5.02 Å². The van der Waals surface area contributed by atoms with Crippen LogP contribution in [0.15, 0.2) is 152 Å². The summed E-state index contributed by atoms with van der Waals surface area (Å²) in [7, 11) is 0. The summed E-state index contributed by atoms with van der Waals surface area (Å²) in [5.41, 5.74) is 5.91. The maximum atomic E-state index is 15.4. The molecule has 0 saturated carbocycles. The summed E-state index contributed by atoms with van der Waals surface area (Å²) in [5.74, 6) is -1.31. The molecule has 0 bridgehead atoms. The number of hydrogen-bond donors (Lipinski definition) is 0. The average molecular weight is 821 g/mol. The Kier molecular flexibility index (Phi) is 15.0. The second kappa shape index (κ2) is 20.9. The van der Waals surface area contributed by atoms with Gasteiger partial charge in [0.1, 0.15) is 24.1 Å². The quantitative estimate of drug-likeness (QED) is 0.0861. The summed E-state index contributed by atoms with van der Waals surface area (Å²) in [4.78, 5) is 0. The van der Waals surface area contributed by atoms with Crippen LogP contribution in [0.1, 0.15) is 51.1 Å². The van der Waals surface area contributed by atoms with Crippen molar-refractivity contribution in [2.24, 2.45) is 0 Å². The fraction of sp³-hybridized carbons (Fsp3) is 0.265. The maximum absolute atomic E-state index is 15.4. The van der Waals surface area contributed by atoms with E-state index in [4.69, 9.17) is 35.3 Å². The predicted molar refractivity (Wildman–Crippen MR) is 227 cm³/mol. The van der Waals surface area contributed by atoms with Crippen molar-refractivity contribution in [1.29, 1.82) is 0 Å². The third-order valence-electron chi connectivity index (χ3n) is 10.1. The normalized spacial score (nSPS) is 19.2. The molecule has 6 aromatic rings. The van der Waals surface area contributed by atoms with Gasteiger partial charge < -0.3 is 23.7 Å². The van der Waals surface area contributed by atoms with E-state index in [-0.39, 0.29) is 34.8 Å². The van der Waals surface area contributed by atoms with E-state index in [1.165, 1.54) is 6.07 Å². The third kappa shape index (κ3) is 11.1. The minimum atomic E-state index is -0.624. The Morgan fingerprint density at radius 1 is 0.552 bits per heavy atom. The van der Waals surface area contributed by atoms with E-state index >= 15 is 4.39 Å². The molecule has 1 heterocycles. The van der Waals surface area contributed by atoms with E-state index in [9.17, 15) is 4.39 Å². The van der Waals surface area contributed by atoms with Crippen LogP contribution in [0, 0.1) is 11.6 Å². The molecule has 300 valence electrons. The highest BCUT2D eigenvalue weighted by Gasteiger charge is 2.48. The first kappa shape index (κ1) is 41.6. The number of halogens is 3. The van der Waals surface area contributed by atoms with Gasteiger partial charge in [0.25, 0.3) is 0 Å². The Balaban J connectivity index is 1.27. The second-order valence-corrected chi connectivity index (χ2v) is 16.0. The second-order valence-electron chi connectivity index (χ2n) is 14.2. The maximum Gasteiger partial charge on any atom is 0.165 e. The molecular formula is C49H47ClF2O5S. The van der Waals surface area contributed by atoms with Gasteiger partial charge in [-0.3, -0.25) is 0 Å². The first-order valence-electron chi connectivity index (χ1n) is 19.6. The van der Waals surface area contributed by atoms with Crippen LogP contribution in [0.25, 0.3) is 0 Å². The summed E-state index contributed by atoms with van der Waals surface area (Å²) in [6.45, 7) is 3.82. The highest BCUT2D eigenvalue weighted by atomic mass is 35.5. The highest BCUT2D eigenvalue weighted by Crippen LogP contribution is 2.48. The molecule has 0 unspecified atom stereocenters. The van der Waals surface area contributed by atoms with E-state index in [0.29, 0.717) is 43.6 Å². The lowest BCUT2D eigenvalue weighted by molar-refractivity contribution is -0.160. The standard InChI is InChI=1S/C49H47ClF2O5S/c1-2-54-44-28-42(51)40(27-43(44)52)26-39-25-38(23-24-41(39)50)49-48(57-32-37-21-13-6-14-22-37)47(56-31-36-19-11-5-12-20-36)46(55-30-35-17-9-4-10-18-35)45(58-49)33-53-29-34-15-7-3-8-16-34/h3-25,27-28,45-49H,2,26,29-33H2,1H3/t45-,46-,47+,48-,49+/m1/s1. The SMILES string of the molecule is CCOc1cc(F)c(Cc2cc([C@@H]3S[C@H](COCc4ccccc4)[C@@H](OCc4ccccc4)[C@H](OCc4ccccc4)[C@H]3OCc3ccccc3)ccc2Cl)cc1F. The van der Waals surface area contributed by atoms with Crippen LogP contribution in [0.3, 0.4) is 0 Å². The summed E-state index contributed by atoms with van der Waals surface area (Å²) in [6.07, 6.45) is -1.40. The molecule has 9 heteroatoms. The highest BCUT2D eigenvalue weighted by molar-refractivity contribution is 8.00. The van der Waals surface area contributed by atoms with Gasteiger partial charge in [-0.25, -0.2) is 8.78 Å². The van der Waals surface area contributed by atoms with Gasteiger partial charge in [0.05, 0.1) is 50.1 Å². The zero-order chi connectivity index (χ0) is 40.1. The Labute approximate surface area is 349 Å². The van der Waals surface area contributed by atoms with Crippen molar-refractivity contribution in [2.45, 2.75) is 68.6 Å². The number of ether oxygens (including phenoxy) is 5. The van der Waals surface area contributed by atoms with Crippen molar-refractivity contribution in [3.05, 3.63) is 207 Å². The largest absolute Gasteiger partial charge is 0.491 e. The van der Waals surface area contributed by atoms with Gasteiger partial charge in [0, 0.05) is 17.5 Å². The van der Waals surface area contributed by atoms with E-state index < -0.39 is 29.9 Å². The van der Waals surface area contributed by atoms with Crippen LogP contribution >= 0.6 is 23.4 Å². The van der Waals surface area contributed by atoms with Crippen molar-refractivity contribution in [3.8, 4) is 5.75 Å². The fourth-order valence-electron chi connectivity index (χ4n) is 7.14. The van der Waals surface area contributed by atoms with E-state index in [1.54, 1.807) is 18.7 Å². The minimum Gasteiger partial charge on any atom is -0.491 e.